The Bertz CT molecular complexity index is 426. The maximum atomic E-state index is 6.40. The van der Waals surface area contributed by atoms with Gasteiger partial charge in [0.25, 0.3) is 0 Å². The van der Waals surface area contributed by atoms with Crippen LogP contribution in [-0.4, -0.2) is 33.1 Å². The van der Waals surface area contributed by atoms with E-state index in [-0.39, 0.29) is 0 Å². The summed E-state index contributed by atoms with van der Waals surface area (Å²) in [6, 6.07) is 0.892. The molecule has 0 radical (unpaired) electrons. The molecule has 106 valence electrons. The zero-order valence-corrected chi connectivity index (χ0v) is 12.1. The maximum Gasteiger partial charge on any atom is 0.122 e. The molecule has 3 atom stereocenters. The summed E-state index contributed by atoms with van der Waals surface area (Å²) >= 11 is 0. The van der Waals surface area contributed by atoms with Gasteiger partial charge in [-0.3, -0.25) is 4.90 Å². The van der Waals surface area contributed by atoms with Crippen LogP contribution in [0.3, 0.4) is 0 Å². The summed E-state index contributed by atoms with van der Waals surface area (Å²) in [7, 11) is 0. The van der Waals surface area contributed by atoms with Gasteiger partial charge < -0.3 is 10.3 Å². The molecule has 1 aliphatic heterocycles. The Labute approximate surface area is 116 Å². The molecule has 0 saturated heterocycles. The fraction of sp³-hybridized carbons (Fsp3) is 0.800. The first-order chi connectivity index (χ1) is 9.15. The van der Waals surface area contributed by atoms with Crippen molar-refractivity contribution in [3.63, 3.8) is 0 Å². The summed E-state index contributed by atoms with van der Waals surface area (Å²) in [5.41, 5.74) is 6.40. The Morgan fingerprint density at radius 1 is 1.32 bits per heavy atom. The molecule has 4 nitrogen and oxygen atoms in total. The molecule has 0 aromatic carbocycles. The van der Waals surface area contributed by atoms with Gasteiger partial charge in [0.15, 0.2) is 0 Å². The molecule has 0 spiro atoms. The molecule has 1 aliphatic carbocycles. The zero-order valence-electron chi connectivity index (χ0n) is 12.1. The first-order valence-electron chi connectivity index (χ1n) is 7.65. The smallest absolute Gasteiger partial charge is 0.122 e. The van der Waals surface area contributed by atoms with Crippen molar-refractivity contribution in [1.29, 1.82) is 0 Å². The molecule has 1 aromatic rings. The van der Waals surface area contributed by atoms with E-state index in [0.29, 0.717) is 12.1 Å². The van der Waals surface area contributed by atoms with Crippen LogP contribution in [0.1, 0.15) is 38.9 Å². The van der Waals surface area contributed by atoms with Crippen molar-refractivity contribution in [3.05, 3.63) is 18.2 Å². The van der Waals surface area contributed by atoms with Gasteiger partial charge >= 0.3 is 0 Å². The minimum absolute atomic E-state index is 0.344. The molecule has 19 heavy (non-hydrogen) atoms. The van der Waals surface area contributed by atoms with E-state index in [1.54, 1.807) is 0 Å². The van der Waals surface area contributed by atoms with Crippen LogP contribution >= 0.6 is 0 Å². The molecule has 1 fully saturated rings. The summed E-state index contributed by atoms with van der Waals surface area (Å²) < 4.78 is 2.27. The molecule has 2 N–H and O–H groups in total. The van der Waals surface area contributed by atoms with E-state index in [1.807, 2.05) is 6.20 Å². The van der Waals surface area contributed by atoms with Gasteiger partial charge in [0.1, 0.15) is 5.82 Å². The highest BCUT2D eigenvalue weighted by Crippen LogP contribution is 2.33. The summed E-state index contributed by atoms with van der Waals surface area (Å²) in [5.74, 6) is 2.82. The standard InChI is InChI=1S/C15H26N4/c1-11(2)12-3-4-13(16)14(9-12)19-8-7-18-6-5-17-15(18)10-19/h5-6,11-14H,3-4,7-10,16H2,1-2H3. The highest BCUT2D eigenvalue weighted by Gasteiger charge is 2.34. The van der Waals surface area contributed by atoms with E-state index in [2.05, 4.69) is 34.5 Å². The second kappa shape index (κ2) is 5.25. The number of nitrogens with two attached hydrogens (primary N) is 1. The van der Waals surface area contributed by atoms with Gasteiger partial charge in [-0.05, 0) is 31.1 Å². The Morgan fingerprint density at radius 2 is 2.16 bits per heavy atom. The van der Waals surface area contributed by atoms with Crippen molar-refractivity contribution < 1.29 is 0 Å². The predicted octanol–water partition coefficient (Wildman–Crippen LogP) is 1.85. The topological polar surface area (TPSA) is 47.1 Å². The van der Waals surface area contributed by atoms with Crippen LogP contribution < -0.4 is 5.73 Å². The van der Waals surface area contributed by atoms with E-state index in [1.165, 1.54) is 25.1 Å². The van der Waals surface area contributed by atoms with Crippen molar-refractivity contribution in [3.8, 4) is 0 Å². The lowest BCUT2D eigenvalue weighted by molar-refractivity contribution is 0.0735. The number of aromatic nitrogens is 2. The molecule has 1 saturated carbocycles. The van der Waals surface area contributed by atoms with E-state index in [4.69, 9.17) is 5.73 Å². The van der Waals surface area contributed by atoms with Crippen LogP contribution in [0.25, 0.3) is 0 Å². The Morgan fingerprint density at radius 3 is 2.95 bits per heavy atom. The number of rotatable bonds is 2. The first kappa shape index (κ1) is 13.1. The quantitative estimate of drug-likeness (QED) is 0.885. The number of nitrogens with zero attached hydrogens (tertiary/aromatic N) is 3. The normalized spacial score (nSPS) is 32.5. The molecule has 1 aromatic heterocycles. The lowest BCUT2D eigenvalue weighted by atomic mass is 9.76. The van der Waals surface area contributed by atoms with Crippen LogP contribution in [0.2, 0.25) is 0 Å². The average molecular weight is 262 g/mol. The van der Waals surface area contributed by atoms with Crippen molar-refractivity contribution in [1.82, 2.24) is 14.5 Å². The lowest BCUT2D eigenvalue weighted by Crippen LogP contribution is -2.53. The molecule has 0 bridgehead atoms. The second-order valence-electron chi connectivity index (χ2n) is 6.56. The SMILES string of the molecule is CC(C)C1CCC(N)C(N2CCn3ccnc3C2)C1. The van der Waals surface area contributed by atoms with Crippen molar-refractivity contribution in [2.75, 3.05) is 6.54 Å². The van der Waals surface area contributed by atoms with Gasteiger partial charge in [0.2, 0.25) is 0 Å². The summed E-state index contributed by atoms with van der Waals surface area (Å²) in [4.78, 5) is 7.03. The Kier molecular flexibility index (Phi) is 3.63. The highest BCUT2D eigenvalue weighted by molar-refractivity contribution is 4.99. The van der Waals surface area contributed by atoms with Crippen LogP contribution in [0.5, 0.6) is 0 Å². The molecule has 0 amide bonds. The van der Waals surface area contributed by atoms with Crippen molar-refractivity contribution in [2.45, 2.75) is 58.3 Å². The van der Waals surface area contributed by atoms with Crippen molar-refractivity contribution in [2.24, 2.45) is 17.6 Å². The largest absolute Gasteiger partial charge is 0.333 e. The first-order valence-corrected chi connectivity index (χ1v) is 7.65. The van der Waals surface area contributed by atoms with Crippen LogP contribution in [0.15, 0.2) is 12.4 Å². The molecular formula is C15H26N4. The predicted molar refractivity (Wildman–Crippen MR) is 76.6 cm³/mol. The fourth-order valence-corrected chi connectivity index (χ4v) is 3.70. The van der Waals surface area contributed by atoms with E-state index < -0.39 is 0 Å². The van der Waals surface area contributed by atoms with Gasteiger partial charge in [-0.25, -0.2) is 4.98 Å². The monoisotopic (exact) mass is 262 g/mol. The van der Waals surface area contributed by atoms with Gasteiger partial charge in [-0.2, -0.15) is 0 Å². The summed E-state index contributed by atoms with van der Waals surface area (Å²) in [6.45, 7) is 7.84. The molecule has 2 heterocycles. The minimum Gasteiger partial charge on any atom is -0.333 e. The minimum atomic E-state index is 0.344. The molecule has 3 rings (SSSR count). The lowest BCUT2D eigenvalue weighted by Gasteiger charge is -2.43. The zero-order chi connectivity index (χ0) is 13.4. The number of hydrogen-bond donors (Lipinski definition) is 1. The fourth-order valence-electron chi connectivity index (χ4n) is 3.70. The molecule has 3 unspecified atom stereocenters. The molecule has 4 heteroatoms. The third-order valence-corrected chi connectivity index (χ3v) is 5.10. The maximum absolute atomic E-state index is 6.40. The van der Waals surface area contributed by atoms with Crippen LogP contribution in [0, 0.1) is 11.8 Å². The Hall–Kier alpha value is -0.870. The van der Waals surface area contributed by atoms with Crippen LogP contribution in [0.4, 0.5) is 0 Å². The third kappa shape index (κ3) is 2.56. The van der Waals surface area contributed by atoms with Gasteiger partial charge in [-0.1, -0.05) is 13.8 Å². The van der Waals surface area contributed by atoms with Crippen LogP contribution in [-0.2, 0) is 13.1 Å². The average Bonchev–Trinajstić information content (AvgIpc) is 2.86. The third-order valence-electron chi connectivity index (χ3n) is 5.10. The summed E-state index contributed by atoms with van der Waals surface area (Å²) in [6.07, 6.45) is 7.75. The van der Waals surface area contributed by atoms with E-state index in [0.717, 1.165) is 31.5 Å². The molecular weight excluding hydrogens is 236 g/mol. The number of imidazole rings is 1. The van der Waals surface area contributed by atoms with Gasteiger partial charge in [-0.15, -0.1) is 0 Å². The van der Waals surface area contributed by atoms with Gasteiger partial charge in [0, 0.05) is 37.6 Å². The molecule has 2 aliphatic rings. The van der Waals surface area contributed by atoms with E-state index >= 15 is 0 Å². The highest BCUT2D eigenvalue weighted by atomic mass is 15.3. The van der Waals surface area contributed by atoms with Gasteiger partial charge in [0.05, 0.1) is 6.54 Å². The summed E-state index contributed by atoms with van der Waals surface area (Å²) in [5, 5.41) is 0. The van der Waals surface area contributed by atoms with E-state index in [9.17, 15) is 0 Å². The number of fused-ring (bicyclic) bond motifs is 1. The number of hydrogen-bond acceptors (Lipinski definition) is 3. The second-order valence-corrected chi connectivity index (χ2v) is 6.56. The van der Waals surface area contributed by atoms with Crippen molar-refractivity contribution >= 4 is 0 Å². The Balaban J connectivity index is 1.71.